The fourth-order valence-corrected chi connectivity index (χ4v) is 2.78. The lowest BCUT2D eigenvalue weighted by Crippen LogP contribution is -2.37. The van der Waals surface area contributed by atoms with Crippen LogP contribution in [0.1, 0.15) is 24.9 Å². The van der Waals surface area contributed by atoms with Gasteiger partial charge in [0.1, 0.15) is 0 Å². The Hall–Kier alpha value is -2.83. The Morgan fingerprint density at radius 2 is 2.08 bits per heavy atom. The molecule has 0 saturated carbocycles. The van der Waals surface area contributed by atoms with Gasteiger partial charge in [0.25, 0.3) is 5.91 Å². The number of carbonyl (C=O) groups excluding carboxylic acids is 3. The second-order valence-corrected chi connectivity index (χ2v) is 5.69. The van der Waals surface area contributed by atoms with E-state index in [4.69, 9.17) is 4.74 Å². The van der Waals surface area contributed by atoms with Crippen molar-refractivity contribution in [1.82, 2.24) is 10.6 Å². The minimum Gasteiger partial charge on any atom is -0.434 e. The van der Waals surface area contributed by atoms with Crippen LogP contribution in [0.5, 0.6) is 0 Å². The number of cyclic esters (lactones) is 1. The molecule has 0 spiro atoms. The van der Waals surface area contributed by atoms with Crippen LogP contribution in [-0.4, -0.2) is 37.0 Å². The summed E-state index contributed by atoms with van der Waals surface area (Å²) in [7, 11) is 0. The SMILES string of the molecule is CCNC(=O)[C@H]1CN(c2ccc(C3CC(=O)C=CN3)cc2)C(=O)O1. The summed E-state index contributed by atoms with van der Waals surface area (Å²) in [5.41, 5.74) is 1.62. The summed E-state index contributed by atoms with van der Waals surface area (Å²) in [6.07, 6.45) is 2.25. The van der Waals surface area contributed by atoms with Crippen molar-refractivity contribution in [3.05, 3.63) is 42.1 Å². The highest BCUT2D eigenvalue weighted by atomic mass is 16.6. The molecular formula is C17H19N3O4. The zero-order chi connectivity index (χ0) is 17.1. The van der Waals surface area contributed by atoms with Crippen molar-refractivity contribution in [2.24, 2.45) is 0 Å². The Labute approximate surface area is 139 Å². The Morgan fingerprint density at radius 1 is 1.33 bits per heavy atom. The topological polar surface area (TPSA) is 87.7 Å². The second-order valence-electron chi connectivity index (χ2n) is 5.69. The van der Waals surface area contributed by atoms with Gasteiger partial charge in [-0.25, -0.2) is 4.79 Å². The van der Waals surface area contributed by atoms with Gasteiger partial charge in [0, 0.05) is 24.9 Å². The Kier molecular flexibility index (Phi) is 4.50. The zero-order valence-electron chi connectivity index (χ0n) is 13.3. The van der Waals surface area contributed by atoms with Crippen molar-refractivity contribution in [3.63, 3.8) is 0 Å². The average Bonchev–Trinajstić information content (AvgIpc) is 2.97. The van der Waals surface area contributed by atoms with E-state index >= 15 is 0 Å². The lowest BCUT2D eigenvalue weighted by atomic mass is 9.99. The molecule has 2 atom stereocenters. The Bertz CT molecular complexity index is 684. The number of allylic oxidation sites excluding steroid dienone is 1. The van der Waals surface area contributed by atoms with Crippen LogP contribution in [0.25, 0.3) is 0 Å². The van der Waals surface area contributed by atoms with Crippen molar-refractivity contribution < 1.29 is 19.1 Å². The van der Waals surface area contributed by atoms with Gasteiger partial charge < -0.3 is 15.4 Å². The molecule has 1 saturated heterocycles. The minimum absolute atomic E-state index is 0.0647. The smallest absolute Gasteiger partial charge is 0.415 e. The second kappa shape index (κ2) is 6.74. The van der Waals surface area contributed by atoms with Crippen molar-refractivity contribution in [2.75, 3.05) is 18.0 Å². The third-order valence-corrected chi connectivity index (χ3v) is 4.03. The van der Waals surface area contributed by atoms with Crippen LogP contribution in [0.4, 0.5) is 10.5 Å². The molecule has 126 valence electrons. The number of nitrogens with zero attached hydrogens (tertiary/aromatic N) is 1. The summed E-state index contributed by atoms with van der Waals surface area (Å²) < 4.78 is 5.11. The van der Waals surface area contributed by atoms with Gasteiger partial charge in [-0.05, 0) is 30.7 Å². The molecular weight excluding hydrogens is 310 g/mol. The van der Waals surface area contributed by atoms with Gasteiger partial charge in [-0.1, -0.05) is 12.1 Å². The highest BCUT2D eigenvalue weighted by Crippen LogP contribution is 2.26. The maximum atomic E-state index is 12.0. The highest BCUT2D eigenvalue weighted by Gasteiger charge is 2.36. The standard InChI is InChI=1S/C17H19N3O4/c1-2-18-16(22)15-10-20(17(23)24-15)12-5-3-11(4-6-12)14-9-13(21)7-8-19-14/h3-8,14-15,19H,2,9-10H2,1H3,(H,18,22)/t14?,15-/m1/s1. The van der Waals surface area contributed by atoms with E-state index in [0.717, 1.165) is 5.56 Å². The fraction of sp³-hybridized carbons (Fsp3) is 0.353. The molecule has 3 rings (SSSR count). The number of ketones is 1. The molecule has 2 amide bonds. The van der Waals surface area contributed by atoms with Crippen molar-refractivity contribution in [2.45, 2.75) is 25.5 Å². The van der Waals surface area contributed by atoms with Crippen LogP contribution in [0.2, 0.25) is 0 Å². The molecule has 1 unspecified atom stereocenters. The Morgan fingerprint density at radius 3 is 2.75 bits per heavy atom. The summed E-state index contributed by atoms with van der Waals surface area (Å²) >= 11 is 0. The van der Waals surface area contributed by atoms with E-state index in [9.17, 15) is 14.4 Å². The van der Waals surface area contributed by atoms with E-state index in [-0.39, 0.29) is 24.3 Å². The molecule has 1 fully saturated rings. The number of likely N-dealkylation sites (N-methyl/N-ethyl adjacent to an activating group) is 1. The number of rotatable bonds is 4. The molecule has 0 bridgehead atoms. The van der Waals surface area contributed by atoms with Crippen LogP contribution in [0.3, 0.4) is 0 Å². The maximum absolute atomic E-state index is 12.0. The predicted octanol–water partition coefficient (Wildman–Crippen LogP) is 1.27. The lowest BCUT2D eigenvalue weighted by molar-refractivity contribution is -0.127. The van der Waals surface area contributed by atoms with Crippen molar-refractivity contribution in [3.8, 4) is 0 Å². The first-order chi connectivity index (χ1) is 11.6. The first-order valence-corrected chi connectivity index (χ1v) is 7.89. The summed E-state index contributed by atoms with van der Waals surface area (Å²) in [5.74, 6) is -0.211. The number of nitrogens with one attached hydrogen (secondary N) is 2. The number of carbonyl (C=O) groups is 3. The number of hydrogen-bond donors (Lipinski definition) is 2. The molecule has 2 heterocycles. The largest absolute Gasteiger partial charge is 0.434 e. The number of ether oxygens (including phenoxy) is 1. The molecule has 0 aromatic heterocycles. The molecule has 7 nitrogen and oxygen atoms in total. The first-order valence-electron chi connectivity index (χ1n) is 7.89. The Balaban J connectivity index is 1.69. The number of benzene rings is 1. The summed E-state index contributed by atoms with van der Waals surface area (Å²) in [6, 6.07) is 7.26. The summed E-state index contributed by atoms with van der Waals surface area (Å²) in [6.45, 7) is 2.49. The van der Waals surface area contributed by atoms with Gasteiger partial charge in [0.15, 0.2) is 11.9 Å². The molecule has 24 heavy (non-hydrogen) atoms. The van der Waals surface area contributed by atoms with Gasteiger partial charge in [0.05, 0.1) is 12.6 Å². The van der Waals surface area contributed by atoms with Gasteiger partial charge in [0.2, 0.25) is 0 Å². The van der Waals surface area contributed by atoms with Gasteiger partial charge in [-0.2, -0.15) is 0 Å². The molecule has 1 aromatic rings. The quantitative estimate of drug-likeness (QED) is 0.868. The minimum atomic E-state index is -0.792. The van der Waals surface area contributed by atoms with Crippen LogP contribution in [-0.2, 0) is 14.3 Å². The summed E-state index contributed by atoms with van der Waals surface area (Å²) in [4.78, 5) is 36.7. The third-order valence-electron chi connectivity index (χ3n) is 4.03. The molecule has 2 aliphatic heterocycles. The number of anilines is 1. The summed E-state index contributed by atoms with van der Waals surface area (Å²) in [5, 5.41) is 5.79. The highest BCUT2D eigenvalue weighted by molar-refractivity contribution is 5.95. The number of hydrogen-bond acceptors (Lipinski definition) is 5. The molecule has 0 aliphatic carbocycles. The van der Waals surface area contributed by atoms with Crippen molar-refractivity contribution >= 4 is 23.5 Å². The zero-order valence-corrected chi connectivity index (χ0v) is 13.3. The number of amides is 2. The van der Waals surface area contributed by atoms with E-state index in [1.807, 2.05) is 19.1 Å². The average molecular weight is 329 g/mol. The van der Waals surface area contributed by atoms with Gasteiger partial charge in [-0.15, -0.1) is 0 Å². The van der Waals surface area contributed by atoms with Crippen LogP contribution >= 0.6 is 0 Å². The van der Waals surface area contributed by atoms with E-state index in [0.29, 0.717) is 18.7 Å². The van der Waals surface area contributed by atoms with Crippen LogP contribution in [0, 0.1) is 0 Å². The normalized spacial score (nSPS) is 23.0. The van der Waals surface area contributed by atoms with Crippen LogP contribution < -0.4 is 15.5 Å². The molecule has 7 heteroatoms. The third kappa shape index (κ3) is 3.24. The van der Waals surface area contributed by atoms with E-state index < -0.39 is 12.2 Å². The van der Waals surface area contributed by atoms with Crippen molar-refractivity contribution in [1.29, 1.82) is 0 Å². The predicted molar refractivity (Wildman–Crippen MR) is 87.4 cm³/mol. The lowest BCUT2D eigenvalue weighted by Gasteiger charge is -2.21. The van der Waals surface area contributed by atoms with E-state index in [1.54, 1.807) is 18.3 Å². The molecule has 2 N–H and O–H groups in total. The molecule has 0 radical (unpaired) electrons. The fourth-order valence-electron chi connectivity index (χ4n) is 2.78. The monoisotopic (exact) mass is 329 g/mol. The molecule has 1 aromatic carbocycles. The van der Waals surface area contributed by atoms with Gasteiger partial charge >= 0.3 is 6.09 Å². The van der Waals surface area contributed by atoms with E-state index in [1.165, 1.54) is 11.0 Å². The maximum Gasteiger partial charge on any atom is 0.415 e. The first kappa shape index (κ1) is 16.0. The molecule has 2 aliphatic rings. The van der Waals surface area contributed by atoms with Crippen LogP contribution in [0.15, 0.2) is 36.5 Å². The van der Waals surface area contributed by atoms with E-state index in [2.05, 4.69) is 10.6 Å². The van der Waals surface area contributed by atoms with Gasteiger partial charge in [-0.3, -0.25) is 14.5 Å².